The lowest BCUT2D eigenvalue weighted by Crippen LogP contribution is -2.14. The smallest absolute Gasteiger partial charge is 0.375 e. The van der Waals surface area contributed by atoms with Gasteiger partial charge < -0.3 is 11.1 Å². The van der Waals surface area contributed by atoms with Crippen molar-refractivity contribution in [1.82, 2.24) is 4.98 Å². The Kier molecular flexibility index (Phi) is 4.73. The fraction of sp³-hybridized carbons (Fsp3) is 0.167. The van der Waals surface area contributed by atoms with Gasteiger partial charge in [-0.2, -0.15) is 13.2 Å². The summed E-state index contributed by atoms with van der Waals surface area (Å²) >= 11 is 1.73. The molecule has 0 fully saturated rings. The van der Waals surface area contributed by atoms with Gasteiger partial charge in [0, 0.05) is 10.3 Å². The third-order valence-corrected chi connectivity index (χ3v) is 4.09. The first-order chi connectivity index (χ1) is 9.85. The van der Waals surface area contributed by atoms with E-state index in [0.717, 1.165) is 11.3 Å². The molecule has 2 aromatic rings. The SMILES string of the molecule is Nc1nc(C(=O)Nc2ccccc2SCC(F)(F)F)cs1. The molecular formula is C12H10F3N3OS2. The molecule has 2 rings (SSSR count). The zero-order valence-electron chi connectivity index (χ0n) is 10.5. The van der Waals surface area contributed by atoms with Crippen LogP contribution >= 0.6 is 23.1 Å². The number of nitrogens with one attached hydrogen (secondary N) is 1. The van der Waals surface area contributed by atoms with Crippen LogP contribution in [0.25, 0.3) is 0 Å². The van der Waals surface area contributed by atoms with Crippen molar-refractivity contribution >= 4 is 39.8 Å². The number of aromatic nitrogens is 1. The second-order valence-corrected chi connectivity index (χ2v) is 5.83. The van der Waals surface area contributed by atoms with Gasteiger partial charge in [-0.25, -0.2) is 4.98 Å². The number of nitrogen functional groups attached to an aromatic ring is 1. The number of thiazole rings is 1. The predicted molar refractivity (Wildman–Crippen MR) is 77.7 cm³/mol. The number of alkyl halides is 3. The molecule has 9 heteroatoms. The van der Waals surface area contributed by atoms with Gasteiger partial charge in [0.2, 0.25) is 0 Å². The molecule has 1 aromatic carbocycles. The Morgan fingerprint density at radius 3 is 2.71 bits per heavy atom. The molecule has 1 amide bonds. The first-order valence-electron chi connectivity index (χ1n) is 5.66. The van der Waals surface area contributed by atoms with E-state index in [9.17, 15) is 18.0 Å². The van der Waals surface area contributed by atoms with E-state index in [2.05, 4.69) is 10.3 Å². The second kappa shape index (κ2) is 6.35. The highest BCUT2D eigenvalue weighted by molar-refractivity contribution is 7.99. The highest BCUT2D eigenvalue weighted by atomic mass is 32.2. The number of carbonyl (C=O) groups is 1. The van der Waals surface area contributed by atoms with Crippen LogP contribution in [0.3, 0.4) is 0 Å². The maximum atomic E-state index is 12.3. The lowest BCUT2D eigenvalue weighted by atomic mass is 10.3. The molecule has 1 heterocycles. The van der Waals surface area contributed by atoms with Crippen molar-refractivity contribution < 1.29 is 18.0 Å². The van der Waals surface area contributed by atoms with Crippen LogP contribution in [0.5, 0.6) is 0 Å². The van der Waals surface area contributed by atoms with Crippen LogP contribution in [0.2, 0.25) is 0 Å². The van der Waals surface area contributed by atoms with E-state index >= 15 is 0 Å². The van der Waals surface area contributed by atoms with E-state index in [4.69, 9.17) is 5.73 Å². The fourth-order valence-electron chi connectivity index (χ4n) is 1.43. The highest BCUT2D eigenvalue weighted by Crippen LogP contribution is 2.32. The van der Waals surface area contributed by atoms with Gasteiger partial charge in [0.15, 0.2) is 5.13 Å². The van der Waals surface area contributed by atoms with Crippen molar-refractivity contribution in [2.24, 2.45) is 0 Å². The summed E-state index contributed by atoms with van der Waals surface area (Å²) in [5.74, 6) is -1.54. The molecule has 112 valence electrons. The Bertz CT molecular complexity index is 643. The maximum absolute atomic E-state index is 12.3. The minimum absolute atomic E-state index is 0.133. The van der Waals surface area contributed by atoms with E-state index in [0.29, 0.717) is 22.3 Å². The highest BCUT2D eigenvalue weighted by Gasteiger charge is 2.27. The average Bonchev–Trinajstić information content (AvgIpc) is 2.83. The van der Waals surface area contributed by atoms with Gasteiger partial charge in [-0.05, 0) is 12.1 Å². The number of carbonyl (C=O) groups excluding carboxylic acids is 1. The molecule has 0 unspecified atom stereocenters. The average molecular weight is 333 g/mol. The van der Waals surface area contributed by atoms with Gasteiger partial charge in [-0.3, -0.25) is 4.79 Å². The van der Waals surface area contributed by atoms with Gasteiger partial charge in [-0.1, -0.05) is 12.1 Å². The third kappa shape index (κ3) is 4.64. The van der Waals surface area contributed by atoms with Crippen molar-refractivity contribution in [1.29, 1.82) is 0 Å². The van der Waals surface area contributed by atoms with Crippen LogP contribution < -0.4 is 11.1 Å². The molecule has 0 saturated heterocycles. The molecule has 0 saturated carbocycles. The number of thioether (sulfide) groups is 1. The number of rotatable bonds is 4. The van der Waals surface area contributed by atoms with Crippen LogP contribution in [0.15, 0.2) is 34.5 Å². The Labute approximate surface area is 126 Å². The molecule has 3 N–H and O–H groups in total. The first kappa shape index (κ1) is 15.6. The van der Waals surface area contributed by atoms with Crippen molar-refractivity contribution in [3.8, 4) is 0 Å². The summed E-state index contributed by atoms with van der Waals surface area (Å²) in [7, 11) is 0. The molecule has 4 nitrogen and oxygen atoms in total. The Morgan fingerprint density at radius 2 is 2.10 bits per heavy atom. The van der Waals surface area contributed by atoms with Crippen LogP contribution in [0.1, 0.15) is 10.5 Å². The molecule has 0 aliphatic heterocycles. The van der Waals surface area contributed by atoms with E-state index in [1.54, 1.807) is 12.1 Å². The lowest BCUT2D eigenvalue weighted by molar-refractivity contribution is -0.105. The molecule has 0 aliphatic carbocycles. The number of para-hydroxylation sites is 1. The standard InChI is InChI=1S/C12H10F3N3OS2/c13-12(14,15)6-21-9-4-2-1-3-7(9)17-10(19)8-5-20-11(16)18-8/h1-5H,6H2,(H2,16,18)(H,17,19). The number of hydrogen-bond donors (Lipinski definition) is 2. The summed E-state index contributed by atoms with van der Waals surface area (Å²) in [6.07, 6.45) is -4.27. The van der Waals surface area contributed by atoms with Crippen LogP contribution in [-0.4, -0.2) is 22.8 Å². The number of amides is 1. The van der Waals surface area contributed by atoms with Crippen LogP contribution in [-0.2, 0) is 0 Å². The maximum Gasteiger partial charge on any atom is 0.398 e. The lowest BCUT2D eigenvalue weighted by Gasteiger charge is -2.11. The van der Waals surface area contributed by atoms with Gasteiger partial charge in [-0.15, -0.1) is 23.1 Å². The van der Waals surface area contributed by atoms with E-state index in [-0.39, 0.29) is 10.8 Å². The zero-order valence-corrected chi connectivity index (χ0v) is 12.1. The second-order valence-electron chi connectivity index (χ2n) is 3.93. The summed E-state index contributed by atoms with van der Waals surface area (Å²) in [5, 5.41) is 4.27. The quantitative estimate of drug-likeness (QED) is 0.839. The van der Waals surface area contributed by atoms with Crippen molar-refractivity contribution in [3.05, 3.63) is 35.3 Å². The van der Waals surface area contributed by atoms with Gasteiger partial charge in [0.05, 0.1) is 11.4 Å². The van der Waals surface area contributed by atoms with Crippen molar-refractivity contribution in [2.75, 3.05) is 16.8 Å². The topological polar surface area (TPSA) is 68.0 Å². The summed E-state index contributed by atoms with van der Waals surface area (Å²) in [6, 6.07) is 6.28. The molecular weight excluding hydrogens is 323 g/mol. The predicted octanol–water partition coefficient (Wildman–Crippen LogP) is 3.63. The van der Waals surface area contributed by atoms with Crippen molar-refractivity contribution in [2.45, 2.75) is 11.1 Å². The number of nitrogens with zero attached hydrogens (tertiary/aromatic N) is 1. The fourth-order valence-corrected chi connectivity index (χ4v) is 2.75. The van der Waals surface area contributed by atoms with E-state index in [1.165, 1.54) is 17.5 Å². The summed E-state index contributed by atoms with van der Waals surface area (Å²) in [5.41, 5.74) is 5.87. The summed E-state index contributed by atoms with van der Waals surface area (Å²) < 4.78 is 36.8. The van der Waals surface area contributed by atoms with Gasteiger partial charge >= 0.3 is 6.18 Å². The molecule has 0 aliphatic rings. The Hall–Kier alpha value is -1.74. The number of halogens is 3. The van der Waals surface area contributed by atoms with Crippen molar-refractivity contribution in [3.63, 3.8) is 0 Å². The van der Waals surface area contributed by atoms with Crippen LogP contribution in [0, 0.1) is 0 Å². The minimum atomic E-state index is -4.27. The molecule has 0 atom stereocenters. The Morgan fingerprint density at radius 1 is 1.38 bits per heavy atom. The van der Waals surface area contributed by atoms with Crippen LogP contribution in [0.4, 0.5) is 24.0 Å². The molecule has 1 aromatic heterocycles. The molecule has 21 heavy (non-hydrogen) atoms. The summed E-state index contributed by atoms with van der Waals surface area (Å²) in [4.78, 5) is 16.1. The van der Waals surface area contributed by atoms with E-state index < -0.39 is 17.8 Å². The molecule has 0 bridgehead atoms. The number of anilines is 2. The molecule has 0 spiro atoms. The largest absolute Gasteiger partial charge is 0.398 e. The minimum Gasteiger partial charge on any atom is -0.375 e. The monoisotopic (exact) mass is 333 g/mol. The Balaban J connectivity index is 2.11. The number of benzene rings is 1. The third-order valence-electron chi connectivity index (χ3n) is 2.28. The van der Waals surface area contributed by atoms with E-state index in [1.807, 2.05) is 0 Å². The molecule has 0 radical (unpaired) electrons. The van der Waals surface area contributed by atoms with Gasteiger partial charge in [0.25, 0.3) is 5.91 Å². The van der Waals surface area contributed by atoms with Gasteiger partial charge in [0.1, 0.15) is 5.69 Å². The number of nitrogens with two attached hydrogens (primary N) is 1. The number of hydrogen-bond acceptors (Lipinski definition) is 5. The first-order valence-corrected chi connectivity index (χ1v) is 7.52. The summed E-state index contributed by atoms with van der Waals surface area (Å²) in [6.45, 7) is 0. The normalized spacial score (nSPS) is 11.4. The zero-order chi connectivity index (χ0) is 15.5.